The van der Waals surface area contributed by atoms with Crippen LogP contribution in [0.25, 0.3) is 28.0 Å². The van der Waals surface area contributed by atoms with Gasteiger partial charge in [0.05, 0.1) is 23.2 Å². The Labute approximate surface area is 216 Å². The molecule has 1 amide bonds. The first-order valence-corrected chi connectivity index (χ1v) is 12.1. The summed E-state index contributed by atoms with van der Waals surface area (Å²) < 4.78 is 20.2. The standard InChI is InChI=1S/C27H24FN7O3/c1-14-4-5-16(23-33-25(38-34-23)18-10-20(18)28)8-21(14)32-24(36)19-13-31-35-7-6-15(9-22(19)35)17-11-29-26(30-12-17)27(2,3)37/h4-9,11-13,18,20,37H,10H2,1-3H3,(H,32,36)/t18-,20-/m0/s1. The van der Waals surface area contributed by atoms with Gasteiger partial charge in [-0.25, -0.2) is 18.9 Å². The average molecular weight is 514 g/mol. The number of anilines is 1. The Morgan fingerprint density at radius 3 is 2.61 bits per heavy atom. The molecule has 1 aliphatic carbocycles. The van der Waals surface area contributed by atoms with E-state index in [2.05, 4.69) is 30.5 Å². The summed E-state index contributed by atoms with van der Waals surface area (Å²) in [5.74, 6) is 0.292. The number of pyridine rings is 1. The number of aliphatic hydroxyl groups is 1. The number of rotatable bonds is 6. The summed E-state index contributed by atoms with van der Waals surface area (Å²) in [6, 6.07) is 9.13. The van der Waals surface area contributed by atoms with E-state index in [0.717, 1.165) is 16.7 Å². The maximum absolute atomic E-state index is 13.4. The lowest BCUT2D eigenvalue weighted by molar-refractivity contribution is 0.0687. The molecule has 1 aliphatic rings. The van der Waals surface area contributed by atoms with Crippen LogP contribution in [0.1, 0.15) is 53.8 Å². The zero-order valence-electron chi connectivity index (χ0n) is 20.9. The van der Waals surface area contributed by atoms with Gasteiger partial charge in [0.2, 0.25) is 11.7 Å². The van der Waals surface area contributed by atoms with Crippen molar-refractivity contribution in [1.29, 1.82) is 0 Å². The molecule has 2 N–H and O–H groups in total. The second-order valence-electron chi connectivity index (χ2n) is 9.96. The van der Waals surface area contributed by atoms with Gasteiger partial charge in [-0.1, -0.05) is 17.3 Å². The van der Waals surface area contributed by atoms with Crippen LogP contribution in [0.4, 0.5) is 10.1 Å². The van der Waals surface area contributed by atoms with Gasteiger partial charge in [-0.05, 0) is 56.5 Å². The van der Waals surface area contributed by atoms with Crippen molar-refractivity contribution >= 4 is 17.1 Å². The zero-order valence-corrected chi connectivity index (χ0v) is 20.9. The topological polar surface area (TPSA) is 131 Å². The van der Waals surface area contributed by atoms with Crippen LogP contribution in [0.3, 0.4) is 0 Å². The van der Waals surface area contributed by atoms with E-state index in [4.69, 9.17) is 4.52 Å². The van der Waals surface area contributed by atoms with E-state index in [-0.39, 0.29) is 11.8 Å². The number of carbonyl (C=O) groups is 1. The maximum atomic E-state index is 13.4. The van der Waals surface area contributed by atoms with Crippen molar-refractivity contribution in [1.82, 2.24) is 29.7 Å². The van der Waals surface area contributed by atoms with E-state index in [1.165, 1.54) is 6.20 Å². The summed E-state index contributed by atoms with van der Waals surface area (Å²) >= 11 is 0. The van der Waals surface area contributed by atoms with Crippen LogP contribution < -0.4 is 5.32 Å². The number of amides is 1. The van der Waals surface area contributed by atoms with Crippen LogP contribution in [-0.4, -0.2) is 46.9 Å². The molecule has 4 aromatic heterocycles. The van der Waals surface area contributed by atoms with Crippen molar-refractivity contribution in [2.75, 3.05) is 5.32 Å². The minimum atomic E-state index is -1.14. The Kier molecular flexibility index (Phi) is 5.53. The van der Waals surface area contributed by atoms with Gasteiger partial charge in [0, 0.05) is 35.4 Å². The molecule has 5 aromatic rings. The number of fused-ring (bicyclic) bond motifs is 1. The Hall–Kier alpha value is -4.51. The first-order chi connectivity index (χ1) is 18.2. The second kappa shape index (κ2) is 8.80. The van der Waals surface area contributed by atoms with Crippen molar-refractivity contribution in [3.8, 4) is 22.5 Å². The van der Waals surface area contributed by atoms with Crippen molar-refractivity contribution in [3.05, 3.63) is 78.0 Å². The molecule has 38 heavy (non-hydrogen) atoms. The third-order valence-electron chi connectivity index (χ3n) is 6.51. The fraction of sp³-hybridized carbons (Fsp3) is 0.259. The molecule has 2 atom stereocenters. The lowest BCUT2D eigenvalue weighted by atomic mass is 10.1. The third kappa shape index (κ3) is 4.41. The Morgan fingerprint density at radius 2 is 1.89 bits per heavy atom. The first kappa shape index (κ1) is 23.9. The van der Waals surface area contributed by atoms with Gasteiger partial charge in [-0.15, -0.1) is 0 Å². The molecule has 0 saturated heterocycles. The minimum absolute atomic E-state index is 0.293. The summed E-state index contributed by atoms with van der Waals surface area (Å²) in [4.78, 5) is 26.2. The fourth-order valence-corrected chi connectivity index (χ4v) is 4.14. The molecule has 1 fully saturated rings. The number of hydrogen-bond acceptors (Lipinski definition) is 8. The van der Waals surface area contributed by atoms with E-state index in [1.807, 2.05) is 31.2 Å². The van der Waals surface area contributed by atoms with Gasteiger partial charge >= 0.3 is 0 Å². The minimum Gasteiger partial charge on any atom is -0.382 e. The highest BCUT2D eigenvalue weighted by molar-refractivity contribution is 6.09. The molecule has 6 rings (SSSR count). The summed E-state index contributed by atoms with van der Waals surface area (Å²) in [6.07, 6.45) is 6.01. The number of benzene rings is 1. The molecular weight excluding hydrogens is 489 g/mol. The van der Waals surface area contributed by atoms with E-state index in [9.17, 15) is 14.3 Å². The van der Waals surface area contributed by atoms with Crippen molar-refractivity contribution in [2.45, 2.75) is 44.9 Å². The number of nitrogens with one attached hydrogen (secondary N) is 1. The third-order valence-corrected chi connectivity index (χ3v) is 6.51. The van der Waals surface area contributed by atoms with Gasteiger partial charge in [0.1, 0.15) is 11.8 Å². The summed E-state index contributed by atoms with van der Waals surface area (Å²) in [6.45, 7) is 5.12. The summed E-state index contributed by atoms with van der Waals surface area (Å²) in [5, 5.41) is 21.4. The van der Waals surface area contributed by atoms with E-state index >= 15 is 0 Å². The van der Waals surface area contributed by atoms with Crippen LogP contribution in [0.2, 0.25) is 0 Å². The molecule has 0 radical (unpaired) electrons. The van der Waals surface area contributed by atoms with Crippen LogP contribution in [0.15, 0.2) is 59.6 Å². The number of halogens is 1. The van der Waals surface area contributed by atoms with Crippen molar-refractivity contribution in [2.24, 2.45) is 0 Å². The quantitative estimate of drug-likeness (QED) is 0.340. The normalized spacial score (nSPS) is 17.1. The molecule has 1 aromatic carbocycles. The van der Waals surface area contributed by atoms with Crippen LogP contribution >= 0.6 is 0 Å². The molecule has 0 bridgehead atoms. The van der Waals surface area contributed by atoms with Crippen LogP contribution in [0.5, 0.6) is 0 Å². The highest BCUT2D eigenvalue weighted by Gasteiger charge is 2.43. The Morgan fingerprint density at radius 1 is 1.13 bits per heavy atom. The smallest absolute Gasteiger partial charge is 0.259 e. The highest BCUT2D eigenvalue weighted by Crippen LogP contribution is 2.43. The fourth-order valence-electron chi connectivity index (χ4n) is 4.14. The van der Waals surface area contributed by atoms with Crippen molar-refractivity contribution < 1.29 is 18.8 Å². The molecule has 10 nitrogen and oxygen atoms in total. The van der Waals surface area contributed by atoms with Gasteiger partial charge in [0.25, 0.3) is 5.91 Å². The molecule has 0 unspecified atom stereocenters. The molecule has 11 heteroatoms. The number of alkyl halides is 1. The van der Waals surface area contributed by atoms with Crippen LogP contribution in [0, 0.1) is 6.92 Å². The molecule has 0 spiro atoms. The zero-order chi connectivity index (χ0) is 26.6. The molecule has 1 saturated carbocycles. The van der Waals surface area contributed by atoms with Gasteiger partial charge in [-0.2, -0.15) is 10.1 Å². The Balaban J connectivity index is 1.27. The van der Waals surface area contributed by atoms with Crippen LogP contribution in [-0.2, 0) is 5.60 Å². The lowest BCUT2D eigenvalue weighted by Crippen LogP contribution is -2.19. The number of nitrogens with zero attached hydrogens (tertiary/aromatic N) is 6. The lowest BCUT2D eigenvalue weighted by Gasteiger charge is -2.15. The van der Waals surface area contributed by atoms with Gasteiger partial charge in [0.15, 0.2) is 5.82 Å². The van der Waals surface area contributed by atoms with Gasteiger partial charge in [-0.3, -0.25) is 4.79 Å². The predicted molar refractivity (Wildman–Crippen MR) is 136 cm³/mol. The van der Waals surface area contributed by atoms with E-state index in [1.54, 1.807) is 43.0 Å². The first-order valence-electron chi connectivity index (χ1n) is 12.1. The summed E-state index contributed by atoms with van der Waals surface area (Å²) in [5.41, 5.74) is 3.46. The number of aromatic nitrogens is 6. The second-order valence-corrected chi connectivity index (χ2v) is 9.96. The van der Waals surface area contributed by atoms with Crippen molar-refractivity contribution in [3.63, 3.8) is 0 Å². The van der Waals surface area contributed by atoms with E-state index < -0.39 is 11.8 Å². The number of carbonyl (C=O) groups excluding carboxylic acids is 1. The summed E-state index contributed by atoms with van der Waals surface area (Å²) in [7, 11) is 0. The van der Waals surface area contributed by atoms with E-state index in [0.29, 0.717) is 46.3 Å². The SMILES string of the molecule is Cc1ccc(-c2noc([C@H]3C[C@@H]3F)n2)cc1NC(=O)c1cnn2ccc(-c3cnc(C(C)(C)O)nc3)cc12. The largest absolute Gasteiger partial charge is 0.382 e. The van der Waals surface area contributed by atoms with Gasteiger partial charge < -0.3 is 14.9 Å². The highest BCUT2D eigenvalue weighted by atomic mass is 19.1. The molecule has 4 heterocycles. The number of hydrogen-bond donors (Lipinski definition) is 2. The number of aryl methyl sites for hydroxylation is 1. The molecule has 0 aliphatic heterocycles. The Bertz CT molecular complexity index is 1670. The maximum Gasteiger partial charge on any atom is 0.259 e. The predicted octanol–water partition coefficient (Wildman–Crippen LogP) is 4.45. The molecular formula is C27H24FN7O3. The monoisotopic (exact) mass is 513 g/mol. The average Bonchev–Trinajstić information content (AvgIpc) is 3.28. The molecule has 192 valence electrons.